The van der Waals surface area contributed by atoms with Crippen molar-refractivity contribution in [2.75, 3.05) is 17.6 Å². The van der Waals surface area contributed by atoms with E-state index >= 15 is 0 Å². The molecule has 3 N–H and O–H groups in total. The summed E-state index contributed by atoms with van der Waals surface area (Å²) in [6, 6.07) is 5.84. The summed E-state index contributed by atoms with van der Waals surface area (Å²) in [7, 11) is 0. The second kappa shape index (κ2) is 5.30. The number of rotatable bonds is 6. The normalized spacial score (nSPS) is 15.0. The van der Waals surface area contributed by atoms with Gasteiger partial charge in [-0.2, -0.15) is 0 Å². The predicted octanol–water partition coefficient (Wildman–Crippen LogP) is 3.27. The number of nitrogens with one attached hydrogen (secondary N) is 1. The fraction of sp³-hybridized carbons (Fsp3) is 0.571. The molecule has 3 heteroatoms. The first kappa shape index (κ1) is 12.1. The summed E-state index contributed by atoms with van der Waals surface area (Å²) in [6.07, 6.45) is 4.24. The van der Waals surface area contributed by atoms with Gasteiger partial charge in [-0.15, -0.1) is 0 Å². The molecular weight excluding hydrogens is 212 g/mol. The highest BCUT2D eigenvalue weighted by Gasteiger charge is 2.20. The van der Waals surface area contributed by atoms with E-state index in [4.69, 9.17) is 10.5 Å². The molecule has 0 spiro atoms. The van der Waals surface area contributed by atoms with Gasteiger partial charge in [0.1, 0.15) is 5.75 Å². The van der Waals surface area contributed by atoms with Gasteiger partial charge in [0.2, 0.25) is 0 Å². The molecule has 3 nitrogen and oxygen atoms in total. The van der Waals surface area contributed by atoms with Gasteiger partial charge in [0.15, 0.2) is 0 Å². The van der Waals surface area contributed by atoms with Gasteiger partial charge < -0.3 is 15.8 Å². The van der Waals surface area contributed by atoms with Crippen LogP contribution in [-0.2, 0) is 0 Å². The largest absolute Gasteiger partial charge is 0.491 e. The molecule has 0 saturated heterocycles. The monoisotopic (exact) mass is 234 g/mol. The van der Waals surface area contributed by atoms with Crippen molar-refractivity contribution in [1.82, 2.24) is 0 Å². The van der Waals surface area contributed by atoms with Gasteiger partial charge >= 0.3 is 0 Å². The van der Waals surface area contributed by atoms with Crippen molar-refractivity contribution >= 4 is 11.4 Å². The van der Waals surface area contributed by atoms with Crippen LogP contribution >= 0.6 is 0 Å². The van der Waals surface area contributed by atoms with Crippen LogP contribution in [0.3, 0.4) is 0 Å². The molecule has 0 aromatic heterocycles. The molecule has 0 unspecified atom stereocenters. The second-order valence-electron chi connectivity index (χ2n) is 5.12. The summed E-state index contributed by atoms with van der Waals surface area (Å²) < 4.78 is 5.66. The van der Waals surface area contributed by atoms with Crippen molar-refractivity contribution in [3.63, 3.8) is 0 Å². The average Bonchev–Trinajstić information content (AvgIpc) is 2.99. The van der Waals surface area contributed by atoms with Crippen LogP contribution in [0.25, 0.3) is 0 Å². The van der Waals surface area contributed by atoms with Crippen LogP contribution < -0.4 is 15.8 Å². The third-order valence-corrected chi connectivity index (χ3v) is 2.88. The van der Waals surface area contributed by atoms with Crippen LogP contribution in [0, 0.1) is 5.92 Å². The topological polar surface area (TPSA) is 47.3 Å². The SMILES string of the molecule is CC(C)Oc1cc(N)cc(NCCC2CC2)c1. The van der Waals surface area contributed by atoms with E-state index in [-0.39, 0.29) is 6.10 Å². The molecule has 1 saturated carbocycles. The molecule has 1 aliphatic rings. The van der Waals surface area contributed by atoms with Crippen molar-refractivity contribution in [1.29, 1.82) is 0 Å². The minimum Gasteiger partial charge on any atom is -0.491 e. The molecule has 0 aliphatic heterocycles. The van der Waals surface area contributed by atoms with E-state index in [1.54, 1.807) is 0 Å². The molecule has 0 bridgehead atoms. The van der Waals surface area contributed by atoms with Crippen LogP contribution in [0.5, 0.6) is 5.75 Å². The number of hydrogen-bond acceptors (Lipinski definition) is 3. The summed E-state index contributed by atoms with van der Waals surface area (Å²) in [6.45, 7) is 5.06. The first-order valence-electron chi connectivity index (χ1n) is 6.44. The molecule has 1 aromatic carbocycles. The highest BCUT2D eigenvalue weighted by molar-refractivity contribution is 5.59. The van der Waals surface area contributed by atoms with E-state index in [2.05, 4.69) is 5.32 Å². The number of nitrogens with two attached hydrogens (primary N) is 1. The Hall–Kier alpha value is -1.38. The quantitative estimate of drug-likeness (QED) is 0.743. The molecule has 1 fully saturated rings. The lowest BCUT2D eigenvalue weighted by molar-refractivity contribution is 0.242. The fourth-order valence-corrected chi connectivity index (χ4v) is 1.89. The molecular formula is C14H22N2O. The Balaban J connectivity index is 1.92. The highest BCUT2D eigenvalue weighted by Crippen LogP contribution is 2.32. The molecule has 1 aromatic rings. The maximum absolute atomic E-state index is 5.86. The van der Waals surface area contributed by atoms with Gasteiger partial charge in [0, 0.05) is 30.1 Å². The number of ether oxygens (including phenoxy) is 1. The maximum Gasteiger partial charge on any atom is 0.123 e. The number of hydrogen-bond donors (Lipinski definition) is 2. The fourth-order valence-electron chi connectivity index (χ4n) is 1.89. The maximum atomic E-state index is 5.86. The number of anilines is 2. The number of nitrogen functional groups attached to an aromatic ring is 1. The van der Waals surface area contributed by atoms with Crippen molar-refractivity contribution < 1.29 is 4.74 Å². The zero-order chi connectivity index (χ0) is 12.3. The van der Waals surface area contributed by atoms with E-state index < -0.39 is 0 Å². The van der Waals surface area contributed by atoms with E-state index in [0.717, 1.165) is 29.6 Å². The Morgan fingerprint density at radius 1 is 1.35 bits per heavy atom. The molecule has 0 heterocycles. The summed E-state index contributed by atoms with van der Waals surface area (Å²) in [5.74, 6) is 1.80. The van der Waals surface area contributed by atoms with Gasteiger partial charge in [-0.05, 0) is 32.3 Å². The Labute approximate surface area is 103 Å². The van der Waals surface area contributed by atoms with Crippen molar-refractivity contribution in [2.45, 2.75) is 39.2 Å². The lowest BCUT2D eigenvalue weighted by atomic mass is 10.2. The van der Waals surface area contributed by atoms with Gasteiger partial charge in [0.05, 0.1) is 6.10 Å². The van der Waals surface area contributed by atoms with Gasteiger partial charge in [-0.25, -0.2) is 0 Å². The first-order chi connectivity index (χ1) is 8.13. The standard InChI is InChI=1S/C14H22N2O/c1-10(2)17-14-8-12(15)7-13(9-14)16-6-5-11-3-4-11/h7-11,16H,3-6,15H2,1-2H3. The lowest BCUT2D eigenvalue weighted by Crippen LogP contribution is -2.07. The first-order valence-corrected chi connectivity index (χ1v) is 6.44. The van der Waals surface area contributed by atoms with Gasteiger partial charge in [0.25, 0.3) is 0 Å². The van der Waals surface area contributed by atoms with Crippen molar-refractivity contribution in [3.05, 3.63) is 18.2 Å². The average molecular weight is 234 g/mol. The predicted molar refractivity (Wildman–Crippen MR) is 72.4 cm³/mol. The zero-order valence-electron chi connectivity index (χ0n) is 10.7. The molecule has 1 aliphatic carbocycles. The number of benzene rings is 1. The van der Waals surface area contributed by atoms with Crippen LogP contribution in [0.2, 0.25) is 0 Å². The molecule has 17 heavy (non-hydrogen) atoms. The summed E-state index contributed by atoms with van der Waals surface area (Å²) in [5.41, 5.74) is 7.66. The zero-order valence-corrected chi connectivity index (χ0v) is 10.7. The van der Waals surface area contributed by atoms with Crippen LogP contribution in [0.15, 0.2) is 18.2 Å². The summed E-state index contributed by atoms with van der Waals surface area (Å²) in [4.78, 5) is 0. The summed E-state index contributed by atoms with van der Waals surface area (Å²) >= 11 is 0. The third-order valence-electron chi connectivity index (χ3n) is 2.88. The minimum absolute atomic E-state index is 0.177. The van der Waals surface area contributed by atoms with E-state index in [0.29, 0.717) is 0 Å². The second-order valence-corrected chi connectivity index (χ2v) is 5.12. The van der Waals surface area contributed by atoms with Crippen LogP contribution in [0.4, 0.5) is 11.4 Å². The van der Waals surface area contributed by atoms with Crippen LogP contribution in [-0.4, -0.2) is 12.6 Å². The molecule has 2 rings (SSSR count). The Morgan fingerprint density at radius 2 is 2.12 bits per heavy atom. The highest BCUT2D eigenvalue weighted by atomic mass is 16.5. The van der Waals surface area contributed by atoms with E-state index in [1.807, 2.05) is 32.0 Å². The third kappa shape index (κ3) is 4.17. The molecule has 0 radical (unpaired) electrons. The molecule has 94 valence electrons. The van der Waals surface area contributed by atoms with E-state index in [9.17, 15) is 0 Å². The summed E-state index contributed by atoms with van der Waals surface area (Å²) in [5, 5.41) is 3.41. The van der Waals surface area contributed by atoms with Gasteiger partial charge in [-0.3, -0.25) is 0 Å². The van der Waals surface area contributed by atoms with E-state index in [1.165, 1.54) is 19.3 Å². The lowest BCUT2D eigenvalue weighted by Gasteiger charge is -2.13. The van der Waals surface area contributed by atoms with Crippen molar-refractivity contribution in [2.24, 2.45) is 5.92 Å². The Morgan fingerprint density at radius 3 is 2.76 bits per heavy atom. The minimum atomic E-state index is 0.177. The molecule has 0 atom stereocenters. The Kier molecular flexibility index (Phi) is 3.77. The van der Waals surface area contributed by atoms with Gasteiger partial charge in [-0.1, -0.05) is 12.8 Å². The Bertz CT molecular complexity index is 372. The van der Waals surface area contributed by atoms with Crippen LogP contribution in [0.1, 0.15) is 33.1 Å². The molecule has 0 amide bonds. The van der Waals surface area contributed by atoms with Crippen molar-refractivity contribution in [3.8, 4) is 5.75 Å². The smallest absolute Gasteiger partial charge is 0.123 e.